The van der Waals surface area contributed by atoms with Gasteiger partial charge in [0.15, 0.2) is 5.13 Å². The molecule has 0 spiro atoms. The highest BCUT2D eigenvalue weighted by Crippen LogP contribution is 2.23. The van der Waals surface area contributed by atoms with Gasteiger partial charge in [-0.25, -0.2) is 4.98 Å². The van der Waals surface area contributed by atoms with Crippen molar-refractivity contribution in [2.45, 2.75) is 40.5 Å². The average molecular weight is 401 g/mol. The summed E-state index contributed by atoms with van der Waals surface area (Å²) < 4.78 is 0. The topological polar surface area (TPSA) is 74.3 Å². The van der Waals surface area contributed by atoms with E-state index in [4.69, 9.17) is 0 Å². The number of carbonyl (C=O) groups is 2. The second kappa shape index (κ2) is 8.84. The van der Waals surface area contributed by atoms with Gasteiger partial charge in [0.2, 0.25) is 11.8 Å². The molecule has 0 radical (unpaired) electrons. The molecule has 1 unspecified atom stereocenters. The summed E-state index contributed by atoms with van der Waals surface area (Å²) in [5.41, 5.74) is 3.99. The standard InChI is InChI=1S/C21H28N4O2S/c1-13-7-8-14(2)18(10-13)23-20(27)17-6-5-9-25(11-17)12-19(26)24-21-22-15(3)16(4)28-21/h7-8,10,17H,5-6,9,11-12H2,1-4H3,(H,23,27)(H,22,24,26). The zero-order valence-electron chi connectivity index (χ0n) is 17.0. The summed E-state index contributed by atoms with van der Waals surface area (Å²) in [7, 11) is 0. The first-order valence-electron chi connectivity index (χ1n) is 9.66. The summed E-state index contributed by atoms with van der Waals surface area (Å²) in [6.07, 6.45) is 1.76. The third-order valence-electron chi connectivity index (χ3n) is 5.17. The number of nitrogens with zero attached hydrogens (tertiary/aromatic N) is 2. The van der Waals surface area contributed by atoms with E-state index in [1.807, 2.05) is 45.9 Å². The zero-order valence-corrected chi connectivity index (χ0v) is 17.8. The van der Waals surface area contributed by atoms with Gasteiger partial charge >= 0.3 is 0 Å². The Morgan fingerprint density at radius 2 is 2.00 bits per heavy atom. The number of hydrogen-bond acceptors (Lipinski definition) is 5. The fourth-order valence-electron chi connectivity index (χ4n) is 3.41. The monoisotopic (exact) mass is 400 g/mol. The van der Waals surface area contributed by atoms with Crippen LogP contribution in [0.25, 0.3) is 0 Å². The Morgan fingerprint density at radius 3 is 2.71 bits per heavy atom. The molecule has 1 saturated heterocycles. The fraction of sp³-hybridized carbons (Fsp3) is 0.476. The highest BCUT2D eigenvalue weighted by Gasteiger charge is 2.27. The molecule has 150 valence electrons. The van der Waals surface area contributed by atoms with Crippen molar-refractivity contribution in [3.05, 3.63) is 39.9 Å². The zero-order chi connectivity index (χ0) is 20.3. The fourth-order valence-corrected chi connectivity index (χ4v) is 4.24. The normalized spacial score (nSPS) is 17.4. The Morgan fingerprint density at radius 1 is 1.21 bits per heavy atom. The lowest BCUT2D eigenvalue weighted by molar-refractivity contribution is -0.123. The molecule has 1 aromatic carbocycles. The molecule has 0 saturated carbocycles. The van der Waals surface area contributed by atoms with Crippen LogP contribution in [0.2, 0.25) is 0 Å². The van der Waals surface area contributed by atoms with Crippen molar-refractivity contribution in [3.8, 4) is 0 Å². The summed E-state index contributed by atoms with van der Waals surface area (Å²) in [5, 5.41) is 6.58. The third-order valence-corrected chi connectivity index (χ3v) is 6.16. The number of aryl methyl sites for hydroxylation is 4. The van der Waals surface area contributed by atoms with Gasteiger partial charge in [-0.3, -0.25) is 14.5 Å². The molecular formula is C21H28N4O2S. The summed E-state index contributed by atoms with van der Waals surface area (Å²) in [6.45, 7) is 9.65. The van der Waals surface area contributed by atoms with E-state index in [2.05, 4.69) is 20.5 Å². The first-order chi connectivity index (χ1) is 13.3. The second-order valence-corrected chi connectivity index (χ2v) is 8.79. The van der Waals surface area contributed by atoms with Crippen LogP contribution in [0.3, 0.4) is 0 Å². The number of likely N-dealkylation sites (tertiary alicyclic amines) is 1. The first kappa shape index (κ1) is 20.5. The number of rotatable bonds is 5. The number of benzene rings is 1. The molecule has 0 bridgehead atoms. The van der Waals surface area contributed by atoms with Crippen molar-refractivity contribution in [1.29, 1.82) is 0 Å². The van der Waals surface area contributed by atoms with E-state index in [0.29, 0.717) is 11.7 Å². The van der Waals surface area contributed by atoms with E-state index in [1.165, 1.54) is 11.3 Å². The van der Waals surface area contributed by atoms with Crippen LogP contribution in [0.4, 0.5) is 10.8 Å². The number of nitrogens with one attached hydrogen (secondary N) is 2. The van der Waals surface area contributed by atoms with Gasteiger partial charge in [-0.05, 0) is 64.3 Å². The lowest BCUT2D eigenvalue weighted by Crippen LogP contribution is -2.44. The van der Waals surface area contributed by atoms with Crippen molar-refractivity contribution < 1.29 is 9.59 Å². The minimum atomic E-state index is -0.106. The van der Waals surface area contributed by atoms with Gasteiger partial charge in [-0.15, -0.1) is 11.3 Å². The number of aromatic nitrogens is 1. The Hall–Kier alpha value is -2.25. The molecule has 2 N–H and O–H groups in total. The number of amides is 2. The highest BCUT2D eigenvalue weighted by atomic mass is 32.1. The number of piperidine rings is 1. The third kappa shape index (κ3) is 5.17. The smallest absolute Gasteiger partial charge is 0.240 e. The number of carbonyl (C=O) groups excluding carboxylic acids is 2. The SMILES string of the molecule is Cc1ccc(C)c(NC(=O)C2CCCN(CC(=O)Nc3nc(C)c(C)s3)C2)c1. The number of hydrogen-bond donors (Lipinski definition) is 2. The van der Waals surface area contributed by atoms with Crippen LogP contribution < -0.4 is 10.6 Å². The molecular weight excluding hydrogens is 372 g/mol. The molecule has 7 heteroatoms. The molecule has 1 fully saturated rings. The summed E-state index contributed by atoms with van der Waals surface area (Å²) in [5.74, 6) is -0.153. The van der Waals surface area contributed by atoms with Gasteiger partial charge in [-0.2, -0.15) is 0 Å². The molecule has 28 heavy (non-hydrogen) atoms. The Balaban J connectivity index is 1.55. The Bertz CT molecular complexity index is 858. The number of anilines is 2. The summed E-state index contributed by atoms with van der Waals surface area (Å²) >= 11 is 1.49. The highest BCUT2D eigenvalue weighted by molar-refractivity contribution is 7.15. The predicted molar refractivity (Wildman–Crippen MR) is 114 cm³/mol. The van der Waals surface area contributed by atoms with Crippen molar-refractivity contribution in [2.24, 2.45) is 5.92 Å². The molecule has 1 aromatic heterocycles. The van der Waals surface area contributed by atoms with Crippen LogP contribution in [0.5, 0.6) is 0 Å². The van der Waals surface area contributed by atoms with Crippen LogP contribution in [-0.4, -0.2) is 41.3 Å². The predicted octanol–water partition coefficient (Wildman–Crippen LogP) is 3.67. The van der Waals surface area contributed by atoms with E-state index in [9.17, 15) is 9.59 Å². The van der Waals surface area contributed by atoms with Crippen LogP contribution in [-0.2, 0) is 9.59 Å². The Labute approximate surface area is 170 Å². The second-order valence-electron chi connectivity index (χ2n) is 7.59. The maximum absolute atomic E-state index is 12.7. The molecule has 2 aromatic rings. The van der Waals surface area contributed by atoms with Gasteiger partial charge in [0, 0.05) is 17.1 Å². The first-order valence-corrected chi connectivity index (χ1v) is 10.5. The molecule has 2 heterocycles. The van der Waals surface area contributed by atoms with E-state index in [1.54, 1.807) is 0 Å². The minimum absolute atomic E-state index is 0.0324. The average Bonchev–Trinajstić information content (AvgIpc) is 2.95. The van der Waals surface area contributed by atoms with Crippen molar-refractivity contribution >= 4 is 34.0 Å². The van der Waals surface area contributed by atoms with E-state index < -0.39 is 0 Å². The van der Waals surface area contributed by atoms with Gasteiger partial charge in [0.25, 0.3) is 0 Å². The van der Waals surface area contributed by atoms with Crippen LogP contribution in [0.1, 0.15) is 34.5 Å². The van der Waals surface area contributed by atoms with Gasteiger partial charge < -0.3 is 10.6 Å². The van der Waals surface area contributed by atoms with E-state index in [-0.39, 0.29) is 24.3 Å². The maximum Gasteiger partial charge on any atom is 0.240 e. The Kier molecular flexibility index (Phi) is 6.46. The van der Waals surface area contributed by atoms with Gasteiger partial charge in [0.05, 0.1) is 18.2 Å². The molecule has 0 aliphatic carbocycles. The molecule has 1 aliphatic rings. The minimum Gasteiger partial charge on any atom is -0.326 e. The molecule has 3 rings (SSSR count). The number of thiazole rings is 1. The largest absolute Gasteiger partial charge is 0.326 e. The molecule has 2 amide bonds. The van der Waals surface area contributed by atoms with E-state index in [0.717, 1.165) is 46.8 Å². The van der Waals surface area contributed by atoms with Gasteiger partial charge in [0.1, 0.15) is 0 Å². The molecule has 6 nitrogen and oxygen atoms in total. The molecule has 1 atom stereocenters. The van der Waals surface area contributed by atoms with Gasteiger partial charge in [-0.1, -0.05) is 12.1 Å². The van der Waals surface area contributed by atoms with Crippen molar-refractivity contribution in [1.82, 2.24) is 9.88 Å². The summed E-state index contributed by atoms with van der Waals surface area (Å²) in [4.78, 5) is 32.6. The maximum atomic E-state index is 12.7. The van der Waals surface area contributed by atoms with Crippen LogP contribution >= 0.6 is 11.3 Å². The van der Waals surface area contributed by atoms with Crippen molar-refractivity contribution in [3.63, 3.8) is 0 Å². The summed E-state index contributed by atoms with van der Waals surface area (Å²) in [6, 6.07) is 6.06. The van der Waals surface area contributed by atoms with Crippen LogP contribution in [0.15, 0.2) is 18.2 Å². The lowest BCUT2D eigenvalue weighted by atomic mass is 9.96. The van der Waals surface area contributed by atoms with Crippen LogP contribution in [0, 0.1) is 33.6 Å². The quantitative estimate of drug-likeness (QED) is 0.803. The van der Waals surface area contributed by atoms with E-state index >= 15 is 0 Å². The lowest BCUT2D eigenvalue weighted by Gasteiger charge is -2.31. The molecule has 1 aliphatic heterocycles. The van der Waals surface area contributed by atoms with Crippen molar-refractivity contribution in [2.75, 3.05) is 30.3 Å².